The molecule has 0 unspecified atom stereocenters. The summed E-state index contributed by atoms with van der Waals surface area (Å²) in [4.78, 5) is 2.40. The summed E-state index contributed by atoms with van der Waals surface area (Å²) in [6.07, 6.45) is 0. The molecule has 52 valence electrons. The quantitative estimate of drug-likeness (QED) is 0.553. The normalized spacial score (nSPS) is 8.00. The van der Waals surface area contributed by atoms with Crippen LogP contribution < -0.4 is 0 Å². The number of thiophene rings is 1. The van der Waals surface area contributed by atoms with Crippen LogP contribution >= 0.6 is 24.0 Å². The fourth-order valence-corrected chi connectivity index (χ4v) is 1.44. The van der Waals surface area contributed by atoms with Crippen LogP contribution in [0.25, 0.3) is 0 Å². The van der Waals surface area contributed by atoms with Gasteiger partial charge in [-0.05, 0) is 13.0 Å². The van der Waals surface area contributed by atoms with Crippen molar-refractivity contribution in [3.63, 3.8) is 0 Å². The van der Waals surface area contributed by atoms with Crippen molar-refractivity contribution in [1.29, 1.82) is 0 Å². The molecule has 0 spiro atoms. The monoisotopic (exact) mass is 160 g/mol. The first-order valence-corrected chi connectivity index (χ1v) is 4.36. The van der Waals surface area contributed by atoms with Gasteiger partial charge >= 0.3 is 0 Å². The van der Waals surface area contributed by atoms with Gasteiger partial charge in [-0.3, -0.25) is 0 Å². The minimum Gasteiger partial charge on any atom is -0.148 e. The molecule has 1 aromatic heterocycles. The molecule has 1 heterocycles. The molecule has 1 aromatic rings. The number of thiol groups is 1. The highest BCUT2D eigenvalue weighted by Gasteiger charge is 1.85. The molecule has 0 aromatic carbocycles. The summed E-state index contributed by atoms with van der Waals surface area (Å²) in [5, 5.41) is 2.03. The van der Waals surface area contributed by atoms with Crippen LogP contribution in [0.5, 0.6) is 0 Å². The Balaban J connectivity index is 0.000000291. The van der Waals surface area contributed by atoms with E-state index < -0.39 is 0 Å². The van der Waals surface area contributed by atoms with Gasteiger partial charge in [0.05, 0.1) is 0 Å². The van der Waals surface area contributed by atoms with Gasteiger partial charge in [-0.25, -0.2) is 0 Å². The van der Waals surface area contributed by atoms with E-state index in [0.717, 1.165) is 4.90 Å². The van der Waals surface area contributed by atoms with Crippen LogP contribution in [0.4, 0.5) is 0 Å². The minimum atomic E-state index is 1.07. The lowest BCUT2D eigenvalue weighted by atomic mass is 10.5. The van der Waals surface area contributed by atoms with Gasteiger partial charge in [-0.15, -0.1) is 24.0 Å². The number of rotatable bonds is 0. The number of aryl methyl sites for hydroxylation is 1. The molecule has 0 saturated carbocycles. The van der Waals surface area contributed by atoms with E-state index >= 15 is 0 Å². The van der Waals surface area contributed by atoms with Crippen molar-refractivity contribution >= 4 is 24.0 Å². The maximum Gasteiger partial charge on any atom is 0.0150 e. The minimum absolute atomic E-state index is 1.07. The lowest BCUT2D eigenvalue weighted by Gasteiger charge is -1.69. The Kier molecular flexibility index (Phi) is 4.91. The molecule has 0 fully saturated rings. The molecule has 0 radical (unpaired) electrons. The Hall–Kier alpha value is 0.0500. The molecule has 9 heavy (non-hydrogen) atoms. The van der Waals surface area contributed by atoms with Gasteiger partial charge in [0.15, 0.2) is 0 Å². The summed E-state index contributed by atoms with van der Waals surface area (Å²) < 4.78 is 0. The summed E-state index contributed by atoms with van der Waals surface area (Å²) in [5.41, 5.74) is 0. The molecule has 0 aliphatic carbocycles. The molecular formula is C7H12S2. The second kappa shape index (κ2) is 4.89. The van der Waals surface area contributed by atoms with Crippen LogP contribution in [-0.4, -0.2) is 0 Å². The molecule has 0 atom stereocenters. The predicted octanol–water partition coefficient (Wildman–Crippen LogP) is 3.37. The van der Waals surface area contributed by atoms with Crippen molar-refractivity contribution < 1.29 is 0 Å². The van der Waals surface area contributed by atoms with Gasteiger partial charge in [0, 0.05) is 15.2 Å². The molecule has 0 bridgehead atoms. The Morgan fingerprint density at radius 2 is 2.00 bits per heavy atom. The fourth-order valence-electron chi connectivity index (χ4n) is 0.430. The molecule has 0 aliphatic rings. The van der Waals surface area contributed by atoms with Crippen molar-refractivity contribution in [1.82, 2.24) is 0 Å². The summed E-state index contributed by atoms with van der Waals surface area (Å²) >= 11 is 5.84. The average molecular weight is 160 g/mol. The van der Waals surface area contributed by atoms with Crippen molar-refractivity contribution in [2.45, 2.75) is 25.7 Å². The molecular weight excluding hydrogens is 148 g/mol. The summed E-state index contributed by atoms with van der Waals surface area (Å²) in [6.45, 7) is 6.07. The average Bonchev–Trinajstić information content (AvgIpc) is 2.20. The maximum atomic E-state index is 4.12. The predicted molar refractivity (Wildman–Crippen MR) is 47.7 cm³/mol. The van der Waals surface area contributed by atoms with Gasteiger partial charge in [0.2, 0.25) is 0 Å². The highest BCUT2D eigenvalue weighted by molar-refractivity contribution is 7.80. The summed E-state index contributed by atoms with van der Waals surface area (Å²) in [7, 11) is 0. The van der Waals surface area contributed by atoms with Crippen LogP contribution in [0, 0.1) is 6.92 Å². The Morgan fingerprint density at radius 3 is 2.11 bits per heavy atom. The van der Waals surface area contributed by atoms with E-state index in [2.05, 4.69) is 19.6 Å². The van der Waals surface area contributed by atoms with Gasteiger partial charge in [-0.1, -0.05) is 13.8 Å². The van der Waals surface area contributed by atoms with Gasteiger partial charge in [0.1, 0.15) is 0 Å². The zero-order valence-electron chi connectivity index (χ0n) is 6.01. The molecule has 1 rings (SSSR count). The molecule has 0 nitrogen and oxygen atoms in total. The second-order valence-electron chi connectivity index (χ2n) is 1.42. The SMILES string of the molecule is CC.Cc1cc(S)cs1. The van der Waals surface area contributed by atoms with Crippen molar-refractivity contribution in [3.8, 4) is 0 Å². The summed E-state index contributed by atoms with van der Waals surface area (Å²) in [6, 6.07) is 2.05. The van der Waals surface area contributed by atoms with Crippen molar-refractivity contribution in [3.05, 3.63) is 16.3 Å². The van der Waals surface area contributed by atoms with Crippen LogP contribution in [0.1, 0.15) is 18.7 Å². The molecule has 0 amide bonds. The van der Waals surface area contributed by atoms with Gasteiger partial charge in [-0.2, -0.15) is 0 Å². The van der Waals surface area contributed by atoms with E-state index in [1.807, 2.05) is 25.3 Å². The van der Waals surface area contributed by atoms with E-state index in [1.165, 1.54) is 4.88 Å². The molecule has 2 heteroatoms. The van der Waals surface area contributed by atoms with Crippen molar-refractivity contribution in [2.75, 3.05) is 0 Å². The van der Waals surface area contributed by atoms with E-state index in [-0.39, 0.29) is 0 Å². The summed E-state index contributed by atoms with van der Waals surface area (Å²) in [5.74, 6) is 0. The Morgan fingerprint density at radius 1 is 1.44 bits per heavy atom. The third-order valence-corrected chi connectivity index (χ3v) is 2.01. The molecule has 0 saturated heterocycles. The smallest absolute Gasteiger partial charge is 0.0150 e. The number of hydrogen-bond donors (Lipinski definition) is 1. The van der Waals surface area contributed by atoms with E-state index in [9.17, 15) is 0 Å². The van der Waals surface area contributed by atoms with Crippen LogP contribution in [0.15, 0.2) is 16.3 Å². The number of hydrogen-bond acceptors (Lipinski definition) is 2. The topological polar surface area (TPSA) is 0 Å². The largest absolute Gasteiger partial charge is 0.148 e. The zero-order chi connectivity index (χ0) is 7.28. The van der Waals surface area contributed by atoms with E-state index in [4.69, 9.17) is 0 Å². The third kappa shape index (κ3) is 3.60. The first kappa shape index (κ1) is 9.05. The first-order valence-electron chi connectivity index (χ1n) is 3.03. The van der Waals surface area contributed by atoms with Crippen LogP contribution in [0.2, 0.25) is 0 Å². The van der Waals surface area contributed by atoms with Crippen LogP contribution in [-0.2, 0) is 0 Å². The van der Waals surface area contributed by atoms with E-state index in [1.54, 1.807) is 11.3 Å². The van der Waals surface area contributed by atoms with Gasteiger partial charge < -0.3 is 0 Å². The zero-order valence-corrected chi connectivity index (χ0v) is 7.72. The lowest BCUT2D eigenvalue weighted by Crippen LogP contribution is -1.47. The molecule has 0 N–H and O–H groups in total. The second-order valence-corrected chi connectivity index (χ2v) is 3.05. The highest BCUT2D eigenvalue weighted by Crippen LogP contribution is 2.15. The standard InChI is InChI=1S/C5H6S2.C2H6/c1-4-2-5(6)3-7-4;1-2/h2-3,6H,1H3;1-2H3. The Bertz CT molecular complexity index is 139. The maximum absolute atomic E-state index is 4.12. The van der Waals surface area contributed by atoms with Crippen LogP contribution in [0.3, 0.4) is 0 Å². The Labute approximate surface area is 66.3 Å². The van der Waals surface area contributed by atoms with Gasteiger partial charge in [0.25, 0.3) is 0 Å². The fraction of sp³-hybridized carbons (Fsp3) is 0.429. The first-order chi connectivity index (χ1) is 4.29. The van der Waals surface area contributed by atoms with E-state index in [0.29, 0.717) is 0 Å². The van der Waals surface area contributed by atoms with Crippen molar-refractivity contribution in [2.24, 2.45) is 0 Å². The lowest BCUT2D eigenvalue weighted by molar-refractivity contribution is 1.50. The third-order valence-electron chi connectivity index (χ3n) is 0.717. The molecule has 0 aliphatic heterocycles. The highest BCUT2D eigenvalue weighted by atomic mass is 32.1.